The van der Waals surface area contributed by atoms with E-state index in [1.165, 1.54) is 7.05 Å². The average Bonchev–Trinajstić information content (AvgIpc) is 2.96. The highest BCUT2D eigenvalue weighted by atomic mass is 19.4. The molecular weight excluding hydrogens is 287 g/mol. The smallest absolute Gasteiger partial charge is 0.355 e. The number of alkyl halides is 3. The van der Waals surface area contributed by atoms with Gasteiger partial charge in [-0.1, -0.05) is 0 Å². The molecule has 3 rings (SSSR count). The number of amides is 2. The summed E-state index contributed by atoms with van der Waals surface area (Å²) in [5.41, 5.74) is -0.792. The zero-order valence-electron chi connectivity index (χ0n) is 11.1. The number of aromatic nitrogens is 1. The Morgan fingerprint density at radius 1 is 1.19 bits per heavy atom. The van der Waals surface area contributed by atoms with E-state index in [-0.39, 0.29) is 30.7 Å². The van der Waals surface area contributed by atoms with Crippen molar-refractivity contribution < 1.29 is 22.8 Å². The molecule has 2 saturated heterocycles. The summed E-state index contributed by atoms with van der Waals surface area (Å²) < 4.78 is 38.1. The van der Waals surface area contributed by atoms with Gasteiger partial charge in [-0.05, 0) is 12.1 Å². The van der Waals surface area contributed by atoms with Crippen LogP contribution in [0.15, 0.2) is 18.3 Å². The summed E-state index contributed by atoms with van der Waals surface area (Å²) in [5.74, 6) is -1.39. The fraction of sp³-hybridized carbons (Fsp3) is 0.462. The molecule has 5 nitrogen and oxygen atoms in total. The lowest BCUT2D eigenvalue weighted by Crippen LogP contribution is -2.33. The Kier molecular flexibility index (Phi) is 2.93. The number of nitrogens with zero attached hydrogens (tertiary/aromatic N) is 3. The Morgan fingerprint density at radius 2 is 1.76 bits per heavy atom. The van der Waals surface area contributed by atoms with Gasteiger partial charge < -0.3 is 4.90 Å². The molecule has 0 aromatic carbocycles. The van der Waals surface area contributed by atoms with Gasteiger partial charge in [0.25, 0.3) is 0 Å². The maximum atomic E-state index is 12.7. The number of hydrogen-bond donors (Lipinski definition) is 0. The predicted molar refractivity (Wildman–Crippen MR) is 66.2 cm³/mol. The molecule has 2 atom stereocenters. The fourth-order valence-corrected chi connectivity index (χ4v) is 2.87. The van der Waals surface area contributed by atoms with E-state index >= 15 is 0 Å². The molecule has 1 aromatic rings. The average molecular weight is 299 g/mol. The zero-order chi connectivity index (χ0) is 15.4. The predicted octanol–water partition coefficient (Wildman–Crippen LogP) is 1.15. The maximum Gasteiger partial charge on any atom is 0.416 e. The van der Waals surface area contributed by atoms with Crippen LogP contribution in [0.4, 0.5) is 19.0 Å². The Labute approximate surface area is 118 Å². The van der Waals surface area contributed by atoms with E-state index in [4.69, 9.17) is 0 Å². The summed E-state index contributed by atoms with van der Waals surface area (Å²) in [6.45, 7) is 0.432. The Bertz CT molecular complexity index is 593. The van der Waals surface area contributed by atoms with Crippen molar-refractivity contribution in [3.8, 4) is 0 Å². The molecule has 1 aromatic heterocycles. The summed E-state index contributed by atoms with van der Waals surface area (Å²) in [7, 11) is 1.43. The van der Waals surface area contributed by atoms with Gasteiger partial charge in [0.2, 0.25) is 11.8 Å². The molecule has 0 radical (unpaired) electrons. The standard InChI is InChI=1S/C13H12F3N3O2/c1-18-11(20)8-5-19(6-9(8)12(18)21)10-4-7(2-3-17-10)13(14,15)16/h2-4,8-9H,5-6H2,1H3/t8-,9+. The van der Waals surface area contributed by atoms with Crippen LogP contribution in [0.3, 0.4) is 0 Å². The molecule has 2 aliphatic heterocycles. The molecule has 0 bridgehead atoms. The van der Waals surface area contributed by atoms with Crippen LogP contribution in [-0.2, 0) is 15.8 Å². The van der Waals surface area contributed by atoms with Crippen molar-refractivity contribution in [3.05, 3.63) is 23.9 Å². The van der Waals surface area contributed by atoms with Crippen molar-refractivity contribution in [2.75, 3.05) is 25.0 Å². The third-order valence-electron chi connectivity index (χ3n) is 4.01. The van der Waals surface area contributed by atoms with Crippen LogP contribution in [0.2, 0.25) is 0 Å². The molecule has 21 heavy (non-hydrogen) atoms. The quantitative estimate of drug-likeness (QED) is 0.730. The molecular formula is C13H12F3N3O2. The first-order valence-corrected chi connectivity index (χ1v) is 6.38. The first-order chi connectivity index (χ1) is 9.79. The number of imide groups is 1. The van der Waals surface area contributed by atoms with Gasteiger partial charge in [-0.25, -0.2) is 4.98 Å². The van der Waals surface area contributed by atoms with Gasteiger partial charge in [0.1, 0.15) is 5.82 Å². The molecule has 112 valence electrons. The number of pyridine rings is 1. The molecule has 0 aliphatic carbocycles. The van der Waals surface area contributed by atoms with Crippen LogP contribution >= 0.6 is 0 Å². The van der Waals surface area contributed by atoms with Gasteiger partial charge in [0.05, 0.1) is 17.4 Å². The second-order valence-corrected chi connectivity index (χ2v) is 5.25. The lowest BCUT2D eigenvalue weighted by molar-refractivity contribution is -0.139. The SMILES string of the molecule is CN1C(=O)[C@H]2CN(c3cc(C(F)(F)F)ccn3)C[C@H]2C1=O. The number of likely N-dealkylation sites (tertiary alicyclic amines) is 1. The highest BCUT2D eigenvalue weighted by molar-refractivity contribution is 6.06. The number of fused-ring (bicyclic) bond motifs is 1. The number of halogens is 3. The molecule has 8 heteroatoms. The maximum absolute atomic E-state index is 12.7. The third kappa shape index (κ3) is 2.14. The summed E-state index contributed by atoms with van der Waals surface area (Å²) in [6.07, 6.45) is -3.36. The molecule has 0 unspecified atom stereocenters. The van der Waals surface area contributed by atoms with E-state index in [1.807, 2.05) is 0 Å². The van der Waals surface area contributed by atoms with Crippen molar-refractivity contribution in [2.24, 2.45) is 11.8 Å². The first kappa shape index (κ1) is 13.8. The van der Waals surface area contributed by atoms with Crippen molar-refractivity contribution >= 4 is 17.6 Å². The topological polar surface area (TPSA) is 53.5 Å². The second-order valence-electron chi connectivity index (χ2n) is 5.25. The zero-order valence-corrected chi connectivity index (χ0v) is 11.1. The Balaban J connectivity index is 1.85. The molecule has 2 aliphatic rings. The Hall–Kier alpha value is -2.12. The number of hydrogen-bond acceptors (Lipinski definition) is 4. The minimum Gasteiger partial charge on any atom is -0.355 e. The van der Waals surface area contributed by atoms with Gasteiger partial charge in [0, 0.05) is 26.3 Å². The molecule has 2 fully saturated rings. The number of carbonyl (C=O) groups is 2. The summed E-state index contributed by atoms with van der Waals surface area (Å²) in [5, 5.41) is 0. The van der Waals surface area contributed by atoms with Crippen molar-refractivity contribution in [1.82, 2.24) is 9.88 Å². The van der Waals surface area contributed by atoms with Crippen LogP contribution < -0.4 is 4.90 Å². The highest BCUT2D eigenvalue weighted by Gasteiger charge is 2.51. The second kappa shape index (κ2) is 4.44. The highest BCUT2D eigenvalue weighted by Crippen LogP contribution is 2.36. The number of anilines is 1. The minimum atomic E-state index is -4.45. The van der Waals surface area contributed by atoms with E-state index in [0.29, 0.717) is 0 Å². The van der Waals surface area contributed by atoms with Crippen LogP contribution in [-0.4, -0.2) is 41.8 Å². The van der Waals surface area contributed by atoms with Crippen LogP contribution in [0, 0.1) is 11.8 Å². The van der Waals surface area contributed by atoms with E-state index in [1.54, 1.807) is 4.90 Å². The molecule has 3 heterocycles. The van der Waals surface area contributed by atoms with Crippen LogP contribution in [0.25, 0.3) is 0 Å². The van der Waals surface area contributed by atoms with E-state index in [2.05, 4.69) is 4.98 Å². The number of carbonyl (C=O) groups excluding carboxylic acids is 2. The van der Waals surface area contributed by atoms with E-state index < -0.39 is 23.6 Å². The normalized spacial score (nSPS) is 25.7. The lowest BCUT2D eigenvalue weighted by Gasteiger charge is -2.20. The van der Waals surface area contributed by atoms with Crippen molar-refractivity contribution in [3.63, 3.8) is 0 Å². The van der Waals surface area contributed by atoms with Gasteiger partial charge in [-0.15, -0.1) is 0 Å². The van der Waals surface area contributed by atoms with Gasteiger partial charge >= 0.3 is 6.18 Å². The summed E-state index contributed by atoms with van der Waals surface area (Å²) in [6, 6.07) is 1.84. The van der Waals surface area contributed by atoms with Crippen molar-refractivity contribution in [2.45, 2.75) is 6.18 Å². The minimum absolute atomic E-state index is 0.141. The van der Waals surface area contributed by atoms with E-state index in [9.17, 15) is 22.8 Å². The lowest BCUT2D eigenvalue weighted by atomic mass is 10.00. The monoisotopic (exact) mass is 299 g/mol. The van der Waals surface area contributed by atoms with Crippen LogP contribution in [0.5, 0.6) is 0 Å². The fourth-order valence-electron chi connectivity index (χ4n) is 2.87. The molecule has 0 N–H and O–H groups in total. The van der Waals surface area contributed by atoms with Gasteiger partial charge in [-0.2, -0.15) is 13.2 Å². The molecule has 0 spiro atoms. The summed E-state index contributed by atoms with van der Waals surface area (Å²) in [4.78, 5) is 30.3. The van der Waals surface area contributed by atoms with Gasteiger partial charge in [0.15, 0.2) is 0 Å². The Morgan fingerprint density at radius 3 is 2.29 bits per heavy atom. The molecule has 0 saturated carbocycles. The largest absolute Gasteiger partial charge is 0.416 e. The van der Waals surface area contributed by atoms with Gasteiger partial charge in [-0.3, -0.25) is 14.5 Å². The first-order valence-electron chi connectivity index (χ1n) is 6.38. The van der Waals surface area contributed by atoms with Crippen LogP contribution in [0.1, 0.15) is 5.56 Å². The molecule has 2 amide bonds. The summed E-state index contributed by atoms with van der Waals surface area (Å²) >= 11 is 0. The van der Waals surface area contributed by atoms with E-state index in [0.717, 1.165) is 23.2 Å². The number of rotatable bonds is 1. The van der Waals surface area contributed by atoms with Crippen molar-refractivity contribution in [1.29, 1.82) is 0 Å². The third-order valence-corrected chi connectivity index (χ3v) is 4.01.